The molecule has 0 saturated heterocycles. The Balaban J connectivity index is 1.90. The van der Waals surface area contributed by atoms with Crippen molar-refractivity contribution in [2.24, 2.45) is 5.92 Å². The number of hydrogen-bond donors (Lipinski definition) is 0. The van der Waals surface area contributed by atoms with Crippen LogP contribution in [-0.4, -0.2) is 15.5 Å². The zero-order valence-corrected chi connectivity index (χ0v) is 16.5. The van der Waals surface area contributed by atoms with Gasteiger partial charge in [0.2, 0.25) is 0 Å². The van der Waals surface area contributed by atoms with Gasteiger partial charge >= 0.3 is 5.97 Å². The van der Waals surface area contributed by atoms with Gasteiger partial charge in [0.25, 0.3) is 5.56 Å². The zero-order valence-electron chi connectivity index (χ0n) is 16.5. The molecule has 0 aliphatic rings. The van der Waals surface area contributed by atoms with Crippen LogP contribution in [0.3, 0.4) is 0 Å². The summed E-state index contributed by atoms with van der Waals surface area (Å²) < 4.78 is 6.85. The van der Waals surface area contributed by atoms with E-state index in [1.54, 1.807) is 24.3 Å². The molecule has 0 amide bonds. The first-order valence-electron chi connectivity index (χ1n) is 9.63. The van der Waals surface area contributed by atoms with E-state index < -0.39 is 5.92 Å². The Bertz CT molecular complexity index is 1100. The molecule has 3 aromatic rings. The minimum Gasteiger partial charge on any atom is -0.457 e. The van der Waals surface area contributed by atoms with Gasteiger partial charge in [0.1, 0.15) is 13.2 Å². The van der Waals surface area contributed by atoms with Crippen molar-refractivity contribution in [3.63, 3.8) is 0 Å². The molecule has 0 saturated carbocycles. The maximum atomic E-state index is 12.9. The summed E-state index contributed by atoms with van der Waals surface area (Å²) in [6, 6.07) is 18.4. The molecular formula is C23H23N3O3. The summed E-state index contributed by atoms with van der Waals surface area (Å²) in [5.74, 6) is -0.412. The van der Waals surface area contributed by atoms with Gasteiger partial charge in [0.05, 0.1) is 22.9 Å². The summed E-state index contributed by atoms with van der Waals surface area (Å²) in [5.41, 5.74) is 1.09. The van der Waals surface area contributed by atoms with Gasteiger partial charge < -0.3 is 4.74 Å². The second-order valence-electron chi connectivity index (χ2n) is 6.98. The third kappa shape index (κ3) is 4.35. The number of ether oxygens (including phenoxy) is 1. The van der Waals surface area contributed by atoms with Gasteiger partial charge in [-0.3, -0.25) is 14.2 Å². The lowest BCUT2D eigenvalue weighted by Gasteiger charge is -2.22. The molecule has 0 N–H and O–H groups in total. The van der Waals surface area contributed by atoms with Crippen LogP contribution in [0.5, 0.6) is 0 Å². The maximum Gasteiger partial charge on any atom is 0.314 e. The van der Waals surface area contributed by atoms with Crippen molar-refractivity contribution in [3.05, 3.63) is 76.3 Å². The Morgan fingerprint density at radius 2 is 1.86 bits per heavy atom. The summed E-state index contributed by atoms with van der Waals surface area (Å²) in [4.78, 5) is 30.1. The van der Waals surface area contributed by atoms with Crippen LogP contribution in [0.25, 0.3) is 10.9 Å². The van der Waals surface area contributed by atoms with Gasteiger partial charge in [-0.2, -0.15) is 5.26 Å². The molecule has 2 aromatic carbocycles. The van der Waals surface area contributed by atoms with Crippen molar-refractivity contribution in [1.82, 2.24) is 9.55 Å². The maximum absolute atomic E-state index is 12.9. The van der Waals surface area contributed by atoms with Crippen LogP contribution in [0.15, 0.2) is 59.4 Å². The predicted octanol–water partition coefficient (Wildman–Crippen LogP) is 3.79. The number of aromatic nitrogens is 2. The molecule has 148 valence electrons. The van der Waals surface area contributed by atoms with Crippen LogP contribution in [0.1, 0.15) is 37.6 Å². The molecule has 0 unspecified atom stereocenters. The first kappa shape index (κ1) is 20.3. The molecule has 6 nitrogen and oxygen atoms in total. The standard InChI is InChI=1S/C23H23N3O3/c1-3-16(2)21(17-9-5-4-6-10-17)23(28)29-15-20-25-19-12-8-7-11-18(19)22(27)26(20)14-13-24/h4-12,16,21H,3,14-15H2,1-2H3/t16-,21+/m0/s1. The molecule has 0 spiro atoms. The lowest BCUT2D eigenvalue weighted by molar-refractivity contribution is -0.148. The Morgan fingerprint density at radius 3 is 2.55 bits per heavy atom. The van der Waals surface area contributed by atoms with E-state index in [0.29, 0.717) is 10.9 Å². The molecule has 1 aromatic heterocycles. The Hall–Kier alpha value is -3.46. The van der Waals surface area contributed by atoms with Gasteiger partial charge in [-0.05, 0) is 23.6 Å². The highest BCUT2D eigenvalue weighted by atomic mass is 16.5. The second kappa shape index (κ2) is 9.16. The monoisotopic (exact) mass is 389 g/mol. The van der Waals surface area contributed by atoms with E-state index in [9.17, 15) is 9.59 Å². The van der Waals surface area contributed by atoms with E-state index >= 15 is 0 Å². The molecule has 1 heterocycles. The molecule has 0 aliphatic carbocycles. The van der Waals surface area contributed by atoms with Crippen molar-refractivity contribution in [1.29, 1.82) is 5.26 Å². The first-order valence-corrected chi connectivity index (χ1v) is 9.63. The van der Waals surface area contributed by atoms with Crippen LogP contribution in [0.4, 0.5) is 0 Å². The van der Waals surface area contributed by atoms with Crippen LogP contribution >= 0.6 is 0 Å². The number of nitrogens with zero attached hydrogens (tertiary/aromatic N) is 3. The fourth-order valence-electron chi connectivity index (χ4n) is 3.38. The highest BCUT2D eigenvalue weighted by molar-refractivity contribution is 5.79. The van der Waals surface area contributed by atoms with E-state index in [1.165, 1.54) is 4.57 Å². The molecule has 0 bridgehead atoms. The summed E-state index contributed by atoms with van der Waals surface area (Å²) in [7, 11) is 0. The number of carbonyl (C=O) groups excluding carboxylic acids is 1. The van der Waals surface area contributed by atoms with Crippen LogP contribution in [0, 0.1) is 17.2 Å². The van der Waals surface area contributed by atoms with Gasteiger partial charge in [0, 0.05) is 0 Å². The highest BCUT2D eigenvalue weighted by Gasteiger charge is 2.27. The Labute approximate surface area is 169 Å². The van der Waals surface area contributed by atoms with E-state index in [-0.39, 0.29) is 36.4 Å². The number of hydrogen-bond acceptors (Lipinski definition) is 5. The topological polar surface area (TPSA) is 85.0 Å². The summed E-state index contributed by atoms with van der Waals surface area (Å²) in [5, 5.41) is 9.54. The third-order valence-corrected chi connectivity index (χ3v) is 5.14. The number of rotatable bonds is 7. The molecule has 2 atom stereocenters. The fraction of sp³-hybridized carbons (Fsp3) is 0.304. The van der Waals surface area contributed by atoms with Crippen molar-refractivity contribution in [3.8, 4) is 6.07 Å². The van der Waals surface area contributed by atoms with E-state index in [4.69, 9.17) is 10.00 Å². The van der Waals surface area contributed by atoms with Crippen LogP contribution in [-0.2, 0) is 22.7 Å². The lowest BCUT2D eigenvalue weighted by Crippen LogP contribution is -2.27. The smallest absolute Gasteiger partial charge is 0.314 e. The number of para-hydroxylation sites is 1. The fourth-order valence-corrected chi connectivity index (χ4v) is 3.38. The SMILES string of the molecule is CC[C@H](C)[C@@H](C(=O)OCc1nc2ccccc2c(=O)n1CC#N)c1ccccc1. The van der Waals surface area contributed by atoms with Crippen molar-refractivity contribution in [2.75, 3.05) is 0 Å². The molecule has 0 aliphatic heterocycles. The van der Waals surface area contributed by atoms with Gasteiger partial charge in [0.15, 0.2) is 5.82 Å². The quantitative estimate of drug-likeness (QED) is 0.574. The number of fused-ring (bicyclic) bond motifs is 1. The molecule has 3 rings (SSSR count). The van der Waals surface area contributed by atoms with Crippen molar-refractivity contribution < 1.29 is 9.53 Å². The minimum absolute atomic E-state index is 0.0933. The number of benzene rings is 2. The average Bonchev–Trinajstić information content (AvgIpc) is 2.75. The van der Waals surface area contributed by atoms with Gasteiger partial charge in [-0.15, -0.1) is 0 Å². The first-order chi connectivity index (χ1) is 14.1. The minimum atomic E-state index is -0.405. The van der Waals surface area contributed by atoms with Gasteiger partial charge in [-0.1, -0.05) is 62.7 Å². The summed E-state index contributed by atoms with van der Waals surface area (Å²) >= 11 is 0. The summed E-state index contributed by atoms with van der Waals surface area (Å²) in [6.07, 6.45) is 0.821. The zero-order chi connectivity index (χ0) is 20.8. The molecule has 29 heavy (non-hydrogen) atoms. The molecular weight excluding hydrogens is 366 g/mol. The third-order valence-electron chi connectivity index (χ3n) is 5.14. The largest absolute Gasteiger partial charge is 0.457 e. The van der Waals surface area contributed by atoms with Crippen molar-refractivity contribution >= 4 is 16.9 Å². The Morgan fingerprint density at radius 1 is 1.17 bits per heavy atom. The predicted molar refractivity (Wildman–Crippen MR) is 110 cm³/mol. The average molecular weight is 389 g/mol. The van der Waals surface area contributed by atoms with Crippen LogP contribution < -0.4 is 5.56 Å². The normalized spacial score (nSPS) is 12.9. The Kier molecular flexibility index (Phi) is 6.40. The van der Waals surface area contributed by atoms with Crippen LogP contribution in [0.2, 0.25) is 0 Å². The second-order valence-corrected chi connectivity index (χ2v) is 6.98. The van der Waals surface area contributed by atoms with E-state index in [2.05, 4.69) is 4.98 Å². The summed E-state index contributed by atoms with van der Waals surface area (Å²) in [6.45, 7) is 3.72. The molecule has 0 radical (unpaired) electrons. The molecule has 0 fully saturated rings. The van der Waals surface area contributed by atoms with E-state index in [1.807, 2.05) is 50.2 Å². The number of carbonyl (C=O) groups is 1. The lowest BCUT2D eigenvalue weighted by atomic mass is 9.86. The van der Waals surface area contributed by atoms with Gasteiger partial charge in [-0.25, -0.2) is 4.98 Å². The van der Waals surface area contributed by atoms with E-state index in [0.717, 1.165) is 12.0 Å². The van der Waals surface area contributed by atoms with Crippen molar-refractivity contribution in [2.45, 2.75) is 39.3 Å². The molecule has 6 heteroatoms. The highest BCUT2D eigenvalue weighted by Crippen LogP contribution is 2.28. The number of nitriles is 1. The number of esters is 1.